The first-order valence-corrected chi connectivity index (χ1v) is 19.2. The van der Waals surface area contributed by atoms with Crippen LogP contribution in [0.4, 0.5) is 0 Å². The van der Waals surface area contributed by atoms with Gasteiger partial charge in [0.05, 0.1) is 22.9 Å². The fraction of sp³-hybridized carbons (Fsp3) is 0.333. The van der Waals surface area contributed by atoms with Crippen molar-refractivity contribution in [2.75, 3.05) is 0 Å². The van der Waals surface area contributed by atoms with Crippen molar-refractivity contribution in [2.45, 2.75) is 92.9 Å². The summed E-state index contributed by atoms with van der Waals surface area (Å²) in [5, 5.41) is 7.32. The second kappa shape index (κ2) is 14.0. The van der Waals surface area contributed by atoms with Gasteiger partial charge in [-0.2, -0.15) is 5.10 Å². The molecule has 0 fully saturated rings. The summed E-state index contributed by atoms with van der Waals surface area (Å²) in [5.74, 6) is 3.57. The Morgan fingerprint density at radius 1 is 0.642 bits per heavy atom. The zero-order valence-corrected chi connectivity index (χ0v) is 33.2. The third-order valence-electron chi connectivity index (χ3n) is 10.1. The van der Waals surface area contributed by atoms with Gasteiger partial charge in [-0.1, -0.05) is 106 Å². The summed E-state index contributed by atoms with van der Waals surface area (Å²) in [6, 6.07) is 32.6. The summed E-state index contributed by atoms with van der Waals surface area (Å²) in [6.45, 7) is 22.6. The van der Waals surface area contributed by atoms with Crippen LogP contribution in [0.3, 0.4) is 0 Å². The van der Waals surface area contributed by atoms with E-state index in [9.17, 15) is 0 Å². The molecule has 0 radical (unpaired) electrons. The van der Waals surface area contributed by atoms with E-state index in [1.54, 1.807) is 0 Å². The monoisotopic (exact) mass is 702 g/mol. The summed E-state index contributed by atoms with van der Waals surface area (Å²) in [5.41, 5.74) is 10.7. The average molecular weight is 703 g/mol. The summed E-state index contributed by atoms with van der Waals surface area (Å²) < 4.78 is 11.1. The Labute approximate surface area is 315 Å². The van der Waals surface area contributed by atoms with Crippen molar-refractivity contribution in [3.05, 3.63) is 132 Å². The maximum Gasteiger partial charge on any atom is 0.137 e. The van der Waals surface area contributed by atoms with Gasteiger partial charge in [-0.3, -0.25) is 4.57 Å². The molecule has 0 saturated carbocycles. The molecule has 3 heterocycles. The van der Waals surface area contributed by atoms with E-state index in [-0.39, 0.29) is 10.8 Å². The van der Waals surface area contributed by atoms with E-state index in [0.29, 0.717) is 11.8 Å². The molecule has 53 heavy (non-hydrogen) atoms. The van der Waals surface area contributed by atoms with Crippen LogP contribution < -0.4 is 4.74 Å². The third kappa shape index (κ3) is 7.53. The summed E-state index contributed by atoms with van der Waals surface area (Å²) in [4.78, 5) is 4.87. The normalized spacial score (nSPS) is 12.5. The first kappa shape index (κ1) is 36.2. The third-order valence-corrected chi connectivity index (χ3v) is 10.1. The van der Waals surface area contributed by atoms with Crippen molar-refractivity contribution in [3.8, 4) is 34.1 Å². The van der Waals surface area contributed by atoms with Crippen LogP contribution in [0.1, 0.15) is 91.5 Å². The molecule has 5 heteroatoms. The van der Waals surface area contributed by atoms with Gasteiger partial charge in [-0.15, -0.1) is 0 Å². The fourth-order valence-corrected chi connectivity index (χ4v) is 7.45. The predicted molar refractivity (Wildman–Crippen MR) is 222 cm³/mol. The van der Waals surface area contributed by atoms with Gasteiger partial charge in [0, 0.05) is 40.9 Å². The number of hydrogen-bond donors (Lipinski definition) is 0. The highest BCUT2D eigenvalue weighted by Crippen LogP contribution is 2.38. The molecule has 0 atom stereocenters. The molecule has 0 spiro atoms. The largest absolute Gasteiger partial charge is 0.457 e. The molecule has 272 valence electrons. The first-order chi connectivity index (χ1) is 25.2. The van der Waals surface area contributed by atoms with Gasteiger partial charge in [0.2, 0.25) is 0 Å². The second-order valence-corrected chi connectivity index (χ2v) is 17.6. The SMILES string of the molecule is CC(C)Cc1cccc(CC(C)C)c1-c1cnn(-c2cc(Oc3ccc4c5ccccc5n(-c5cc(C(C)(C)C)ccn5)c4c3)cc(C(C)(C)C)c2)c1. The van der Waals surface area contributed by atoms with Gasteiger partial charge >= 0.3 is 0 Å². The molecule has 3 aromatic heterocycles. The number of rotatable bonds is 9. The van der Waals surface area contributed by atoms with Gasteiger partial charge in [-0.05, 0) is 106 Å². The van der Waals surface area contributed by atoms with Gasteiger partial charge in [0.15, 0.2) is 0 Å². The molecule has 7 aromatic rings. The Balaban J connectivity index is 1.31. The van der Waals surface area contributed by atoms with Crippen LogP contribution >= 0.6 is 0 Å². The lowest BCUT2D eigenvalue weighted by molar-refractivity contribution is 0.478. The molecular weight excluding hydrogens is 649 g/mol. The van der Waals surface area contributed by atoms with Gasteiger partial charge < -0.3 is 4.74 Å². The molecule has 0 unspecified atom stereocenters. The Morgan fingerprint density at radius 3 is 2.00 bits per heavy atom. The zero-order valence-electron chi connectivity index (χ0n) is 33.2. The Kier molecular flexibility index (Phi) is 9.57. The summed E-state index contributed by atoms with van der Waals surface area (Å²) >= 11 is 0. The summed E-state index contributed by atoms with van der Waals surface area (Å²) in [7, 11) is 0. The topological polar surface area (TPSA) is 44.9 Å². The number of ether oxygens (including phenoxy) is 1. The van der Waals surface area contributed by atoms with Crippen LogP contribution in [0, 0.1) is 11.8 Å². The molecule has 7 rings (SSSR count). The lowest BCUT2D eigenvalue weighted by Crippen LogP contribution is -2.12. The van der Waals surface area contributed by atoms with E-state index < -0.39 is 0 Å². The molecule has 4 aromatic carbocycles. The van der Waals surface area contributed by atoms with Crippen molar-refractivity contribution in [2.24, 2.45) is 11.8 Å². The van der Waals surface area contributed by atoms with Crippen LogP contribution in [0.5, 0.6) is 11.5 Å². The molecule has 0 aliphatic carbocycles. The number of pyridine rings is 1. The zero-order chi connectivity index (χ0) is 37.7. The summed E-state index contributed by atoms with van der Waals surface area (Å²) in [6.07, 6.45) is 8.21. The van der Waals surface area contributed by atoms with Crippen molar-refractivity contribution >= 4 is 21.8 Å². The van der Waals surface area contributed by atoms with E-state index >= 15 is 0 Å². The molecule has 0 aliphatic rings. The fourth-order valence-electron chi connectivity index (χ4n) is 7.45. The predicted octanol–water partition coefficient (Wildman–Crippen LogP) is 12.8. The first-order valence-electron chi connectivity index (χ1n) is 19.2. The number of benzene rings is 4. The van der Waals surface area contributed by atoms with E-state index in [1.165, 1.54) is 38.6 Å². The number of fused-ring (bicyclic) bond motifs is 3. The van der Waals surface area contributed by atoms with E-state index in [0.717, 1.165) is 52.4 Å². The highest BCUT2D eigenvalue weighted by molar-refractivity contribution is 6.09. The minimum atomic E-state index is -0.0987. The molecule has 5 nitrogen and oxygen atoms in total. The maximum atomic E-state index is 6.79. The highest BCUT2D eigenvalue weighted by Gasteiger charge is 2.21. The smallest absolute Gasteiger partial charge is 0.137 e. The van der Waals surface area contributed by atoms with Gasteiger partial charge in [0.1, 0.15) is 17.3 Å². The van der Waals surface area contributed by atoms with Crippen LogP contribution in [-0.2, 0) is 23.7 Å². The van der Waals surface area contributed by atoms with Crippen LogP contribution in [0.2, 0.25) is 0 Å². The Hall–Kier alpha value is -5.16. The van der Waals surface area contributed by atoms with E-state index in [4.69, 9.17) is 14.8 Å². The molecule has 0 N–H and O–H groups in total. The van der Waals surface area contributed by atoms with Crippen LogP contribution in [0.25, 0.3) is 44.4 Å². The number of aromatic nitrogens is 4. The van der Waals surface area contributed by atoms with Crippen molar-refractivity contribution in [1.29, 1.82) is 0 Å². The standard InChI is InChI=1S/C48H54N4O/c1-31(2)22-33-14-13-15-34(23-32(3)4)46(33)35-29-50-51(30-35)38-24-37(48(8,9)10)25-40(27-38)53-39-18-19-42-41-16-11-12-17-43(41)52(44(42)28-39)45-26-36(20-21-49-45)47(5,6)7/h11-21,24-32H,22-23H2,1-10H3. The lowest BCUT2D eigenvalue weighted by atomic mass is 9.86. The van der Waals surface area contributed by atoms with Gasteiger partial charge in [-0.25, -0.2) is 9.67 Å². The van der Waals surface area contributed by atoms with E-state index in [2.05, 4.69) is 171 Å². The number of para-hydroxylation sites is 1. The number of nitrogens with zero attached hydrogens (tertiary/aromatic N) is 4. The van der Waals surface area contributed by atoms with E-state index in [1.807, 2.05) is 17.1 Å². The average Bonchev–Trinajstić information content (AvgIpc) is 3.70. The van der Waals surface area contributed by atoms with Crippen LogP contribution in [-0.4, -0.2) is 19.3 Å². The highest BCUT2D eigenvalue weighted by atomic mass is 16.5. The van der Waals surface area contributed by atoms with Crippen molar-refractivity contribution < 1.29 is 4.74 Å². The molecular formula is C48H54N4O. The molecule has 0 bridgehead atoms. The Bertz CT molecular complexity index is 2380. The van der Waals surface area contributed by atoms with Crippen molar-refractivity contribution in [3.63, 3.8) is 0 Å². The molecule has 0 saturated heterocycles. The minimum Gasteiger partial charge on any atom is -0.457 e. The minimum absolute atomic E-state index is 0.00365. The maximum absolute atomic E-state index is 6.79. The lowest BCUT2D eigenvalue weighted by Gasteiger charge is -2.21. The van der Waals surface area contributed by atoms with Gasteiger partial charge in [0.25, 0.3) is 0 Å². The van der Waals surface area contributed by atoms with Crippen LogP contribution in [0.15, 0.2) is 110 Å². The molecule has 0 amide bonds. The Morgan fingerprint density at radius 2 is 1.32 bits per heavy atom. The van der Waals surface area contributed by atoms with Crippen molar-refractivity contribution in [1.82, 2.24) is 19.3 Å². The molecule has 0 aliphatic heterocycles. The second-order valence-electron chi connectivity index (χ2n) is 17.6. The quantitative estimate of drug-likeness (QED) is 0.150. The number of hydrogen-bond acceptors (Lipinski definition) is 3.